The predicted octanol–water partition coefficient (Wildman–Crippen LogP) is 0.936. The van der Waals surface area contributed by atoms with Crippen molar-refractivity contribution in [3.05, 3.63) is 0 Å². The molecule has 0 aromatic carbocycles. The van der Waals surface area contributed by atoms with Crippen molar-refractivity contribution in [1.29, 1.82) is 5.26 Å². The average Bonchev–Trinajstić information content (AvgIpc) is 2.40. The summed E-state index contributed by atoms with van der Waals surface area (Å²) < 4.78 is 0. The Labute approximate surface area is 115 Å². The molecule has 0 saturated heterocycles. The molecule has 0 aromatic rings. The van der Waals surface area contributed by atoms with Crippen molar-refractivity contribution < 1.29 is 9.90 Å². The van der Waals surface area contributed by atoms with E-state index in [-0.39, 0.29) is 31.0 Å². The molecule has 5 nitrogen and oxygen atoms in total. The van der Waals surface area contributed by atoms with Gasteiger partial charge in [0.25, 0.3) is 0 Å². The molecular weight excluding hydrogens is 242 g/mol. The highest BCUT2D eigenvalue weighted by Crippen LogP contribution is 2.27. The molecule has 0 radical (unpaired) electrons. The molecule has 0 bridgehead atoms. The van der Waals surface area contributed by atoms with Gasteiger partial charge in [-0.15, -0.1) is 0 Å². The van der Waals surface area contributed by atoms with Crippen LogP contribution in [0.25, 0.3) is 0 Å². The Kier molecular flexibility index (Phi) is 6.26. The molecule has 108 valence electrons. The highest BCUT2D eigenvalue weighted by Gasteiger charge is 2.33. The van der Waals surface area contributed by atoms with Crippen molar-refractivity contribution in [3.63, 3.8) is 0 Å². The van der Waals surface area contributed by atoms with Crippen LogP contribution in [0.15, 0.2) is 0 Å². The molecule has 0 aliphatic heterocycles. The van der Waals surface area contributed by atoms with Gasteiger partial charge in [-0.05, 0) is 18.8 Å². The Morgan fingerprint density at radius 1 is 1.37 bits per heavy atom. The topological polar surface area (TPSA) is 85.2 Å². The summed E-state index contributed by atoms with van der Waals surface area (Å²) in [6.45, 7) is 4.13. The zero-order chi connectivity index (χ0) is 14.3. The molecule has 0 heterocycles. The normalized spacial score (nSPS) is 19.7. The van der Waals surface area contributed by atoms with Crippen LogP contribution in [0.1, 0.15) is 46.0 Å². The van der Waals surface area contributed by atoms with E-state index in [0.717, 1.165) is 32.1 Å². The molecule has 1 fully saturated rings. The Morgan fingerprint density at radius 3 is 2.47 bits per heavy atom. The summed E-state index contributed by atoms with van der Waals surface area (Å²) in [6.07, 6.45) is 4.60. The van der Waals surface area contributed by atoms with Gasteiger partial charge in [0.05, 0.1) is 19.2 Å². The number of aliphatic hydroxyl groups is 1. The molecular formula is C14H25N3O2. The summed E-state index contributed by atoms with van der Waals surface area (Å²) in [6, 6.07) is 2.18. The first kappa shape index (κ1) is 15.9. The van der Waals surface area contributed by atoms with Gasteiger partial charge < -0.3 is 15.7 Å². The molecule has 1 rings (SSSR count). The number of rotatable bonds is 6. The van der Waals surface area contributed by atoms with Gasteiger partial charge in [-0.1, -0.05) is 33.1 Å². The Bertz CT molecular complexity index is 330. The van der Waals surface area contributed by atoms with Crippen LogP contribution in [0, 0.1) is 17.2 Å². The number of carbonyl (C=O) groups is 1. The minimum Gasteiger partial charge on any atom is -0.395 e. The third-order valence-electron chi connectivity index (χ3n) is 3.83. The first-order valence-corrected chi connectivity index (χ1v) is 7.09. The van der Waals surface area contributed by atoms with Crippen molar-refractivity contribution in [3.8, 4) is 6.07 Å². The SMILES string of the molecule is CC(C)[C@@H](CO)NCC(=O)NC1(C#N)CCCCC1. The number of amides is 1. The summed E-state index contributed by atoms with van der Waals surface area (Å²) in [5.74, 6) is 0.0972. The maximum atomic E-state index is 11.9. The zero-order valence-corrected chi connectivity index (χ0v) is 11.9. The van der Waals surface area contributed by atoms with Gasteiger partial charge in [0.2, 0.25) is 5.91 Å². The highest BCUT2D eigenvalue weighted by molar-refractivity contribution is 5.79. The molecule has 0 spiro atoms. The van der Waals surface area contributed by atoms with Crippen molar-refractivity contribution in [2.75, 3.05) is 13.2 Å². The second kappa shape index (κ2) is 7.46. The molecule has 1 amide bonds. The van der Waals surface area contributed by atoms with E-state index in [4.69, 9.17) is 0 Å². The van der Waals surface area contributed by atoms with Crippen LogP contribution in [-0.4, -0.2) is 35.7 Å². The quantitative estimate of drug-likeness (QED) is 0.668. The number of nitriles is 1. The molecule has 0 aromatic heterocycles. The number of hydrogen-bond acceptors (Lipinski definition) is 4. The summed E-state index contributed by atoms with van der Waals surface area (Å²) in [7, 11) is 0. The third kappa shape index (κ3) is 4.81. The van der Waals surface area contributed by atoms with Crippen LogP contribution in [-0.2, 0) is 4.79 Å². The smallest absolute Gasteiger partial charge is 0.235 e. The summed E-state index contributed by atoms with van der Waals surface area (Å²) >= 11 is 0. The molecule has 3 N–H and O–H groups in total. The van der Waals surface area contributed by atoms with Gasteiger partial charge in [-0.25, -0.2) is 0 Å². The first-order valence-electron chi connectivity index (χ1n) is 7.09. The first-order chi connectivity index (χ1) is 9.03. The van der Waals surface area contributed by atoms with Gasteiger partial charge in [-0.2, -0.15) is 5.26 Å². The maximum Gasteiger partial charge on any atom is 0.235 e. The predicted molar refractivity (Wildman–Crippen MR) is 73.3 cm³/mol. The van der Waals surface area contributed by atoms with Crippen molar-refractivity contribution >= 4 is 5.91 Å². The van der Waals surface area contributed by atoms with E-state index in [1.165, 1.54) is 0 Å². The van der Waals surface area contributed by atoms with E-state index in [1.54, 1.807) is 0 Å². The van der Waals surface area contributed by atoms with E-state index in [0.29, 0.717) is 0 Å². The second-order valence-corrected chi connectivity index (χ2v) is 5.72. The number of nitrogens with one attached hydrogen (secondary N) is 2. The minimum atomic E-state index is -0.677. The lowest BCUT2D eigenvalue weighted by atomic mass is 9.83. The van der Waals surface area contributed by atoms with Crippen molar-refractivity contribution in [2.45, 2.75) is 57.5 Å². The van der Waals surface area contributed by atoms with Crippen molar-refractivity contribution in [2.24, 2.45) is 5.92 Å². The monoisotopic (exact) mass is 267 g/mol. The van der Waals surface area contributed by atoms with Crippen LogP contribution < -0.4 is 10.6 Å². The van der Waals surface area contributed by atoms with Gasteiger partial charge in [-0.3, -0.25) is 4.79 Å². The lowest BCUT2D eigenvalue weighted by molar-refractivity contribution is -0.122. The molecule has 5 heteroatoms. The van der Waals surface area contributed by atoms with Crippen LogP contribution >= 0.6 is 0 Å². The van der Waals surface area contributed by atoms with Crippen LogP contribution in [0.2, 0.25) is 0 Å². The van der Waals surface area contributed by atoms with Crippen LogP contribution in [0.3, 0.4) is 0 Å². The fourth-order valence-electron chi connectivity index (χ4n) is 2.47. The molecule has 19 heavy (non-hydrogen) atoms. The average molecular weight is 267 g/mol. The number of nitrogens with zero attached hydrogens (tertiary/aromatic N) is 1. The molecule has 1 aliphatic rings. The van der Waals surface area contributed by atoms with Crippen LogP contribution in [0.5, 0.6) is 0 Å². The number of hydrogen-bond donors (Lipinski definition) is 3. The van der Waals surface area contributed by atoms with Gasteiger partial charge in [0.1, 0.15) is 5.54 Å². The molecule has 1 aliphatic carbocycles. The van der Waals surface area contributed by atoms with E-state index in [1.807, 2.05) is 13.8 Å². The Balaban J connectivity index is 2.43. The highest BCUT2D eigenvalue weighted by atomic mass is 16.3. The number of aliphatic hydroxyl groups excluding tert-OH is 1. The van der Waals surface area contributed by atoms with Gasteiger partial charge >= 0.3 is 0 Å². The van der Waals surface area contributed by atoms with E-state index < -0.39 is 5.54 Å². The molecule has 0 unspecified atom stereocenters. The number of carbonyl (C=O) groups excluding carboxylic acids is 1. The maximum absolute atomic E-state index is 11.9. The Morgan fingerprint density at radius 2 is 2.00 bits per heavy atom. The van der Waals surface area contributed by atoms with E-state index in [2.05, 4.69) is 16.7 Å². The third-order valence-corrected chi connectivity index (χ3v) is 3.83. The molecule has 1 atom stereocenters. The summed E-state index contributed by atoms with van der Waals surface area (Å²) in [5, 5.41) is 24.3. The standard InChI is InChI=1S/C14H25N3O2/c1-11(2)12(9-18)16-8-13(19)17-14(10-15)6-4-3-5-7-14/h11-12,16,18H,3-9H2,1-2H3,(H,17,19)/t12-/m1/s1. The van der Waals surface area contributed by atoms with Crippen molar-refractivity contribution in [1.82, 2.24) is 10.6 Å². The lowest BCUT2D eigenvalue weighted by Gasteiger charge is -2.32. The van der Waals surface area contributed by atoms with Crippen LogP contribution in [0.4, 0.5) is 0 Å². The van der Waals surface area contributed by atoms with E-state index >= 15 is 0 Å². The van der Waals surface area contributed by atoms with Gasteiger partial charge in [0, 0.05) is 6.04 Å². The fraction of sp³-hybridized carbons (Fsp3) is 0.857. The summed E-state index contributed by atoms with van der Waals surface area (Å²) in [5.41, 5.74) is -0.677. The lowest BCUT2D eigenvalue weighted by Crippen LogP contribution is -2.52. The molecule has 1 saturated carbocycles. The summed E-state index contributed by atoms with van der Waals surface area (Å²) in [4.78, 5) is 11.9. The van der Waals surface area contributed by atoms with Gasteiger partial charge in [0.15, 0.2) is 0 Å². The zero-order valence-electron chi connectivity index (χ0n) is 11.9. The Hall–Kier alpha value is -1.12. The van der Waals surface area contributed by atoms with E-state index in [9.17, 15) is 15.2 Å². The fourth-order valence-corrected chi connectivity index (χ4v) is 2.47. The minimum absolute atomic E-state index is 0.00827. The second-order valence-electron chi connectivity index (χ2n) is 5.72. The largest absolute Gasteiger partial charge is 0.395 e.